The SMILES string of the molecule is Cc1nc(-c2ccc3c(c2)N(CCOc2ccc(C(C)(C)C)cc2)C(=O)CO3)c(C)s1. The molecule has 0 saturated carbocycles. The van der Waals surface area contributed by atoms with E-state index in [1.807, 2.05) is 37.3 Å². The van der Waals surface area contributed by atoms with Crippen LogP contribution in [-0.4, -0.2) is 30.6 Å². The molecule has 0 atom stereocenters. The van der Waals surface area contributed by atoms with Crippen LogP contribution >= 0.6 is 11.3 Å². The van der Waals surface area contributed by atoms with Crippen LogP contribution < -0.4 is 14.4 Å². The standard InChI is InChI=1S/C25H28N2O3S/c1-16-24(26-17(2)31-16)18-6-11-22-21(14-18)27(23(28)15-30-22)12-13-29-20-9-7-19(8-10-20)25(3,4)5/h6-11,14H,12-13,15H2,1-5H3. The van der Waals surface area contributed by atoms with Crippen molar-refractivity contribution >= 4 is 22.9 Å². The van der Waals surface area contributed by atoms with Crippen LogP contribution in [0.3, 0.4) is 0 Å². The Balaban J connectivity index is 1.50. The fourth-order valence-electron chi connectivity index (χ4n) is 3.70. The first-order valence-electron chi connectivity index (χ1n) is 10.5. The summed E-state index contributed by atoms with van der Waals surface area (Å²) in [5.74, 6) is 1.45. The van der Waals surface area contributed by atoms with Gasteiger partial charge in [0.1, 0.15) is 18.1 Å². The van der Waals surface area contributed by atoms with E-state index in [-0.39, 0.29) is 17.9 Å². The summed E-state index contributed by atoms with van der Waals surface area (Å²) in [5.41, 5.74) is 4.08. The van der Waals surface area contributed by atoms with Gasteiger partial charge in [-0.2, -0.15) is 0 Å². The van der Waals surface area contributed by atoms with Crippen molar-refractivity contribution in [1.29, 1.82) is 0 Å². The number of aryl methyl sites for hydroxylation is 2. The average molecular weight is 437 g/mol. The Labute approximate surface area is 187 Å². The van der Waals surface area contributed by atoms with Crippen molar-refractivity contribution in [2.75, 3.05) is 24.7 Å². The number of rotatable bonds is 5. The molecule has 0 spiro atoms. The van der Waals surface area contributed by atoms with E-state index in [0.717, 1.165) is 32.6 Å². The monoisotopic (exact) mass is 436 g/mol. The number of hydrogen-bond donors (Lipinski definition) is 0. The lowest BCUT2D eigenvalue weighted by molar-refractivity contribution is -0.121. The quantitative estimate of drug-likeness (QED) is 0.528. The summed E-state index contributed by atoms with van der Waals surface area (Å²) in [6, 6.07) is 14.1. The van der Waals surface area contributed by atoms with E-state index in [4.69, 9.17) is 9.47 Å². The van der Waals surface area contributed by atoms with Crippen LogP contribution in [0.2, 0.25) is 0 Å². The Morgan fingerprint density at radius 1 is 1.13 bits per heavy atom. The maximum atomic E-state index is 12.6. The molecule has 4 rings (SSSR count). The number of nitrogens with zero attached hydrogens (tertiary/aromatic N) is 2. The molecule has 6 heteroatoms. The van der Waals surface area contributed by atoms with Gasteiger partial charge in [-0.05, 0) is 55.2 Å². The molecule has 0 aliphatic carbocycles. The first-order valence-corrected chi connectivity index (χ1v) is 11.3. The Bertz CT molecular complexity index is 1100. The van der Waals surface area contributed by atoms with E-state index in [1.54, 1.807) is 16.2 Å². The number of carbonyl (C=O) groups excluding carboxylic acids is 1. The molecule has 31 heavy (non-hydrogen) atoms. The maximum Gasteiger partial charge on any atom is 0.265 e. The van der Waals surface area contributed by atoms with Crippen molar-refractivity contribution in [3.8, 4) is 22.8 Å². The molecule has 5 nitrogen and oxygen atoms in total. The summed E-state index contributed by atoms with van der Waals surface area (Å²) in [6.45, 7) is 11.5. The molecule has 2 heterocycles. The molecule has 1 aliphatic rings. The summed E-state index contributed by atoms with van der Waals surface area (Å²) in [7, 11) is 0. The molecule has 2 aromatic carbocycles. The molecule has 1 amide bonds. The highest BCUT2D eigenvalue weighted by Crippen LogP contribution is 2.37. The minimum atomic E-state index is -0.0671. The van der Waals surface area contributed by atoms with E-state index in [0.29, 0.717) is 18.9 Å². The number of aromatic nitrogens is 1. The molecule has 1 aromatic heterocycles. The van der Waals surface area contributed by atoms with Gasteiger partial charge in [0.25, 0.3) is 5.91 Å². The van der Waals surface area contributed by atoms with Crippen LogP contribution in [0.5, 0.6) is 11.5 Å². The zero-order chi connectivity index (χ0) is 22.2. The lowest BCUT2D eigenvalue weighted by atomic mass is 9.87. The van der Waals surface area contributed by atoms with Crippen LogP contribution in [0, 0.1) is 13.8 Å². The van der Waals surface area contributed by atoms with Gasteiger partial charge in [-0.3, -0.25) is 4.79 Å². The number of benzene rings is 2. The predicted octanol–water partition coefficient (Wildman–Crippen LogP) is 5.53. The molecule has 0 radical (unpaired) electrons. The normalized spacial score (nSPS) is 13.7. The van der Waals surface area contributed by atoms with Crippen LogP contribution in [0.4, 0.5) is 5.69 Å². The average Bonchev–Trinajstić information content (AvgIpc) is 3.07. The summed E-state index contributed by atoms with van der Waals surface area (Å²) >= 11 is 1.67. The van der Waals surface area contributed by atoms with Gasteiger partial charge in [0.15, 0.2) is 6.61 Å². The number of fused-ring (bicyclic) bond motifs is 1. The highest BCUT2D eigenvalue weighted by molar-refractivity contribution is 7.11. The van der Waals surface area contributed by atoms with Gasteiger partial charge >= 0.3 is 0 Å². The van der Waals surface area contributed by atoms with Crippen molar-refractivity contribution in [2.24, 2.45) is 0 Å². The van der Waals surface area contributed by atoms with Gasteiger partial charge in [0.05, 0.1) is 22.9 Å². The van der Waals surface area contributed by atoms with Crippen molar-refractivity contribution < 1.29 is 14.3 Å². The molecule has 3 aromatic rings. The molecule has 0 fully saturated rings. The Kier molecular flexibility index (Phi) is 5.75. The van der Waals surface area contributed by atoms with E-state index in [1.165, 1.54) is 5.56 Å². The lowest BCUT2D eigenvalue weighted by Crippen LogP contribution is -2.41. The van der Waals surface area contributed by atoms with Crippen molar-refractivity contribution in [2.45, 2.75) is 40.0 Å². The number of carbonyl (C=O) groups is 1. The van der Waals surface area contributed by atoms with Gasteiger partial charge < -0.3 is 14.4 Å². The number of anilines is 1. The minimum Gasteiger partial charge on any atom is -0.492 e. The van der Waals surface area contributed by atoms with Crippen molar-refractivity contribution in [3.05, 3.63) is 57.9 Å². The third-order valence-electron chi connectivity index (χ3n) is 5.38. The maximum absolute atomic E-state index is 12.6. The lowest BCUT2D eigenvalue weighted by Gasteiger charge is -2.29. The predicted molar refractivity (Wildman–Crippen MR) is 126 cm³/mol. The van der Waals surface area contributed by atoms with Crippen LogP contribution in [0.1, 0.15) is 36.2 Å². The number of thiazole rings is 1. The highest BCUT2D eigenvalue weighted by Gasteiger charge is 2.26. The fraction of sp³-hybridized carbons (Fsp3) is 0.360. The van der Waals surface area contributed by atoms with Crippen molar-refractivity contribution in [1.82, 2.24) is 4.98 Å². The van der Waals surface area contributed by atoms with E-state index in [2.05, 4.69) is 44.8 Å². The summed E-state index contributed by atoms with van der Waals surface area (Å²) < 4.78 is 11.6. The summed E-state index contributed by atoms with van der Waals surface area (Å²) in [6.07, 6.45) is 0. The zero-order valence-electron chi connectivity index (χ0n) is 18.7. The topological polar surface area (TPSA) is 51.7 Å². The largest absolute Gasteiger partial charge is 0.492 e. The zero-order valence-corrected chi connectivity index (χ0v) is 19.5. The molecule has 162 valence electrons. The Hall–Kier alpha value is -2.86. The van der Waals surface area contributed by atoms with Crippen LogP contribution in [0.25, 0.3) is 11.3 Å². The van der Waals surface area contributed by atoms with Gasteiger partial charge in [-0.15, -0.1) is 11.3 Å². The Morgan fingerprint density at radius 3 is 2.52 bits per heavy atom. The molecule has 0 bridgehead atoms. The van der Waals surface area contributed by atoms with Gasteiger partial charge in [-0.1, -0.05) is 32.9 Å². The second-order valence-electron chi connectivity index (χ2n) is 8.78. The van der Waals surface area contributed by atoms with E-state index >= 15 is 0 Å². The first kappa shape index (κ1) is 21.4. The minimum absolute atomic E-state index is 0.0431. The van der Waals surface area contributed by atoms with Crippen molar-refractivity contribution in [3.63, 3.8) is 0 Å². The Morgan fingerprint density at radius 2 is 1.87 bits per heavy atom. The molecule has 0 unspecified atom stereocenters. The second kappa shape index (κ2) is 8.35. The number of amides is 1. The molecule has 0 saturated heterocycles. The molecular formula is C25H28N2O3S. The fourth-order valence-corrected chi connectivity index (χ4v) is 4.54. The van der Waals surface area contributed by atoms with Crippen LogP contribution in [0.15, 0.2) is 42.5 Å². The van der Waals surface area contributed by atoms with E-state index in [9.17, 15) is 4.79 Å². The molecule has 1 aliphatic heterocycles. The summed E-state index contributed by atoms with van der Waals surface area (Å²) in [4.78, 5) is 20.2. The first-order chi connectivity index (χ1) is 14.7. The smallest absolute Gasteiger partial charge is 0.265 e. The molecular weight excluding hydrogens is 408 g/mol. The van der Waals surface area contributed by atoms with Gasteiger partial charge in [-0.25, -0.2) is 4.98 Å². The third-order valence-corrected chi connectivity index (χ3v) is 6.27. The number of ether oxygens (including phenoxy) is 2. The third kappa shape index (κ3) is 4.59. The van der Waals surface area contributed by atoms with Gasteiger partial charge in [0, 0.05) is 10.4 Å². The van der Waals surface area contributed by atoms with Crippen LogP contribution in [-0.2, 0) is 10.2 Å². The van der Waals surface area contributed by atoms with E-state index < -0.39 is 0 Å². The second-order valence-corrected chi connectivity index (χ2v) is 10.2. The highest BCUT2D eigenvalue weighted by atomic mass is 32.1. The number of hydrogen-bond acceptors (Lipinski definition) is 5. The molecule has 0 N–H and O–H groups in total. The van der Waals surface area contributed by atoms with Gasteiger partial charge in [0.2, 0.25) is 0 Å². The summed E-state index contributed by atoms with van der Waals surface area (Å²) in [5, 5.41) is 1.03.